The molecule has 2 heterocycles. The van der Waals surface area contributed by atoms with Gasteiger partial charge >= 0.3 is 5.69 Å². The molecule has 3 aromatic carbocycles. The molecule has 2 aromatic heterocycles. The molecule has 1 N–H and O–H groups in total. The summed E-state index contributed by atoms with van der Waals surface area (Å²) in [6, 6.07) is 26.0. The molecule has 5 aromatic rings. The minimum absolute atomic E-state index is 0.0442. The zero-order valence-electron chi connectivity index (χ0n) is 18.8. The Morgan fingerprint density at radius 3 is 2.35 bits per heavy atom. The Kier molecular flexibility index (Phi) is 5.99. The monoisotopic (exact) mass is 448 g/mol. The van der Waals surface area contributed by atoms with Gasteiger partial charge in [0.15, 0.2) is 0 Å². The third-order valence-corrected chi connectivity index (χ3v) is 5.78. The smallest absolute Gasteiger partial charge is 0.291 e. The van der Waals surface area contributed by atoms with Crippen molar-refractivity contribution >= 4 is 0 Å². The molecule has 0 aliphatic carbocycles. The summed E-state index contributed by atoms with van der Waals surface area (Å²) in [6.07, 6.45) is 6.71. The average Bonchev–Trinajstić information content (AvgIpc) is 3.53. The molecule has 0 bridgehead atoms. The van der Waals surface area contributed by atoms with Crippen LogP contribution in [-0.2, 0) is 13.0 Å². The second-order valence-electron chi connectivity index (χ2n) is 7.95. The van der Waals surface area contributed by atoms with E-state index < -0.39 is 0 Å². The predicted octanol–water partition coefficient (Wildman–Crippen LogP) is 4.65. The molecule has 0 saturated carbocycles. The van der Waals surface area contributed by atoms with E-state index in [0.29, 0.717) is 18.8 Å². The predicted molar refractivity (Wildman–Crippen MR) is 133 cm³/mol. The number of allylic oxidation sites excluding steroid dienone is 2. The third-order valence-electron chi connectivity index (χ3n) is 5.78. The quantitative estimate of drug-likeness (QED) is 0.368. The Bertz CT molecular complexity index is 1460. The first kappa shape index (κ1) is 21.3. The number of aromatic nitrogens is 6. The molecule has 0 fully saturated rings. The van der Waals surface area contributed by atoms with Crippen molar-refractivity contribution in [2.75, 3.05) is 0 Å². The summed E-state index contributed by atoms with van der Waals surface area (Å²) in [5, 5.41) is 14.4. The molecular formula is C27H24N6O. The van der Waals surface area contributed by atoms with Gasteiger partial charge in [-0.05, 0) is 41.0 Å². The van der Waals surface area contributed by atoms with Gasteiger partial charge in [-0.1, -0.05) is 78.9 Å². The van der Waals surface area contributed by atoms with Gasteiger partial charge in [0.25, 0.3) is 0 Å². The highest BCUT2D eigenvalue weighted by Crippen LogP contribution is 2.29. The van der Waals surface area contributed by atoms with Crippen molar-refractivity contribution < 1.29 is 0 Å². The van der Waals surface area contributed by atoms with Gasteiger partial charge in [-0.3, -0.25) is 9.13 Å². The van der Waals surface area contributed by atoms with Crippen molar-refractivity contribution in [2.45, 2.75) is 19.9 Å². The van der Waals surface area contributed by atoms with Gasteiger partial charge in [0.2, 0.25) is 5.82 Å². The van der Waals surface area contributed by atoms with Gasteiger partial charge in [-0.25, -0.2) is 4.79 Å². The lowest BCUT2D eigenvalue weighted by molar-refractivity contribution is 0.714. The molecule has 0 spiro atoms. The van der Waals surface area contributed by atoms with Crippen LogP contribution in [0.2, 0.25) is 0 Å². The number of nitrogens with one attached hydrogen (secondary N) is 1. The Labute approximate surface area is 197 Å². The fourth-order valence-electron chi connectivity index (χ4n) is 4.05. The summed E-state index contributed by atoms with van der Waals surface area (Å²) in [6.45, 7) is 2.49. The van der Waals surface area contributed by atoms with Crippen molar-refractivity contribution in [3.8, 4) is 28.2 Å². The Hall–Kier alpha value is -4.52. The Morgan fingerprint density at radius 2 is 1.65 bits per heavy atom. The maximum Gasteiger partial charge on any atom is 0.333 e. The number of benzene rings is 3. The SMILES string of the molecule is CC=CCc1cn(-c2ccccc2)c(=O)n1Cc1ccc(-c2ccccc2-c2nn[nH]n2)cc1. The minimum atomic E-state index is -0.0442. The number of rotatable bonds is 7. The van der Waals surface area contributed by atoms with Gasteiger partial charge in [-0.15, -0.1) is 10.2 Å². The maximum absolute atomic E-state index is 13.3. The van der Waals surface area contributed by atoms with E-state index in [1.54, 1.807) is 4.57 Å². The molecule has 0 atom stereocenters. The van der Waals surface area contributed by atoms with E-state index in [2.05, 4.69) is 51.0 Å². The van der Waals surface area contributed by atoms with Crippen LogP contribution in [0.3, 0.4) is 0 Å². The van der Waals surface area contributed by atoms with Crippen LogP contribution in [0, 0.1) is 0 Å². The lowest BCUT2D eigenvalue weighted by Crippen LogP contribution is -2.24. The van der Waals surface area contributed by atoms with Gasteiger partial charge in [-0.2, -0.15) is 5.21 Å². The number of nitrogens with zero attached hydrogens (tertiary/aromatic N) is 5. The summed E-state index contributed by atoms with van der Waals surface area (Å²) < 4.78 is 3.56. The molecule has 7 heteroatoms. The van der Waals surface area contributed by atoms with Crippen LogP contribution in [0.25, 0.3) is 28.2 Å². The van der Waals surface area contributed by atoms with Gasteiger partial charge in [0.1, 0.15) is 0 Å². The molecule has 0 unspecified atom stereocenters. The maximum atomic E-state index is 13.3. The van der Waals surface area contributed by atoms with Crippen LogP contribution < -0.4 is 5.69 Å². The van der Waals surface area contributed by atoms with E-state index in [4.69, 9.17) is 0 Å². The summed E-state index contributed by atoms with van der Waals surface area (Å²) in [7, 11) is 0. The second-order valence-corrected chi connectivity index (χ2v) is 7.95. The van der Waals surface area contributed by atoms with Gasteiger partial charge < -0.3 is 0 Å². The van der Waals surface area contributed by atoms with Crippen LogP contribution >= 0.6 is 0 Å². The van der Waals surface area contributed by atoms with E-state index in [1.165, 1.54) is 0 Å². The third kappa shape index (κ3) is 4.23. The zero-order chi connectivity index (χ0) is 23.3. The zero-order valence-corrected chi connectivity index (χ0v) is 18.8. The summed E-state index contributed by atoms with van der Waals surface area (Å²) in [5.41, 5.74) is 5.82. The topological polar surface area (TPSA) is 81.4 Å². The molecular weight excluding hydrogens is 424 g/mol. The molecule has 5 rings (SSSR count). The summed E-state index contributed by atoms with van der Waals surface area (Å²) in [5.74, 6) is 0.558. The molecule has 0 radical (unpaired) electrons. The number of H-pyrrole nitrogens is 1. The first-order valence-electron chi connectivity index (χ1n) is 11.1. The van der Waals surface area contributed by atoms with Crippen LogP contribution in [0.1, 0.15) is 18.2 Å². The van der Waals surface area contributed by atoms with Crippen molar-refractivity contribution in [2.24, 2.45) is 0 Å². The molecule has 34 heavy (non-hydrogen) atoms. The minimum Gasteiger partial charge on any atom is -0.291 e. The van der Waals surface area contributed by atoms with E-state index in [-0.39, 0.29) is 5.69 Å². The van der Waals surface area contributed by atoms with Crippen molar-refractivity contribution in [1.82, 2.24) is 29.8 Å². The number of tetrazole rings is 1. The highest BCUT2D eigenvalue weighted by Gasteiger charge is 2.14. The number of imidazole rings is 1. The first-order valence-corrected chi connectivity index (χ1v) is 11.1. The Morgan fingerprint density at radius 1 is 0.912 bits per heavy atom. The lowest BCUT2D eigenvalue weighted by Gasteiger charge is -2.09. The van der Waals surface area contributed by atoms with E-state index in [1.807, 2.05) is 78.4 Å². The number of hydrogen-bond acceptors (Lipinski definition) is 4. The normalized spacial score (nSPS) is 11.3. The Balaban J connectivity index is 1.47. The van der Waals surface area contributed by atoms with Crippen LogP contribution in [0.15, 0.2) is 102 Å². The van der Waals surface area contributed by atoms with Crippen molar-refractivity contribution in [3.05, 3.63) is 119 Å². The highest BCUT2D eigenvalue weighted by molar-refractivity contribution is 5.80. The number of aromatic amines is 1. The van der Waals surface area contributed by atoms with Crippen LogP contribution in [0.4, 0.5) is 0 Å². The van der Waals surface area contributed by atoms with Crippen molar-refractivity contribution in [3.63, 3.8) is 0 Å². The average molecular weight is 449 g/mol. The first-order chi connectivity index (χ1) is 16.7. The van der Waals surface area contributed by atoms with Gasteiger partial charge in [0.05, 0.1) is 12.2 Å². The molecule has 7 nitrogen and oxygen atoms in total. The molecule has 0 aliphatic heterocycles. The largest absolute Gasteiger partial charge is 0.333 e. The standard InChI is InChI=1S/C27H24N6O/c1-2-3-9-23-19-33(22-10-5-4-6-11-22)27(34)32(23)18-20-14-16-21(17-15-20)24-12-7-8-13-25(24)26-28-30-31-29-26/h2-8,10-17,19H,9,18H2,1H3,(H,28,29,30,31). The summed E-state index contributed by atoms with van der Waals surface area (Å²) >= 11 is 0. The van der Waals surface area contributed by atoms with E-state index in [0.717, 1.165) is 33.6 Å². The molecule has 168 valence electrons. The van der Waals surface area contributed by atoms with E-state index >= 15 is 0 Å². The van der Waals surface area contributed by atoms with Crippen LogP contribution in [-0.4, -0.2) is 29.8 Å². The van der Waals surface area contributed by atoms with E-state index in [9.17, 15) is 4.79 Å². The molecule has 0 amide bonds. The highest BCUT2D eigenvalue weighted by atomic mass is 16.1. The summed E-state index contributed by atoms with van der Waals surface area (Å²) in [4.78, 5) is 13.3. The molecule has 0 aliphatic rings. The van der Waals surface area contributed by atoms with Gasteiger partial charge in [0, 0.05) is 23.9 Å². The molecule has 0 saturated heterocycles. The number of hydrogen-bond donors (Lipinski definition) is 1. The lowest BCUT2D eigenvalue weighted by atomic mass is 9.98. The number of para-hydroxylation sites is 1. The van der Waals surface area contributed by atoms with Crippen molar-refractivity contribution in [1.29, 1.82) is 0 Å². The fraction of sp³-hybridized carbons (Fsp3) is 0.111. The second kappa shape index (κ2) is 9.54. The van der Waals surface area contributed by atoms with Crippen LogP contribution in [0.5, 0.6) is 0 Å². The fourth-order valence-corrected chi connectivity index (χ4v) is 4.05.